The van der Waals surface area contributed by atoms with Crippen LogP contribution in [0.4, 0.5) is 0 Å². The maximum Gasteiger partial charge on any atom is 0.328 e. The van der Waals surface area contributed by atoms with Crippen LogP contribution in [0.2, 0.25) is 0 Å². The molecule has 10 atom stereocenters. The van der Waals surface area contributed by atoms with Crippen molar-refractivity contribution < 1.29 is 127 Å². The number of aliphatic hydroxyl groups excluding tert-OH is 2. The van der Waals surface area contributed by atoms with Crippen LogP contribution < -0.4 is 108 Å². The molecule has 0 aromatic carbocycles. The molecular formula is C59H97N23O26. The maximum atomic E-state index is 14.4. The summed E-state index contributed by atoms with van der Waals surface area (Å²) < 4.78 is 0. The number of nitrogens with zero attached hydrogens (tertiary/aromatic N) is 3. The molecule has 1 heterocycles. The van der Waals surface area contributed by atoms with E-state index >= 15 is 0 Å². The Morgan fingerprint density at radius 2 is 0.815 bits per heavy atom. The summed E-state index contributed by atoms with van der Waals surface area (Å²) in [5.41, 5.74) is 26.7. The molecule has 1 aliphatic heterocycles. The highest BCUT2D eigenvalue weighted by Crippen LogP contribution is 2.22. The van der Waals surface area contributed by atoms with Gasteiger partial charge in [-0.25, -0.2) is 4.79 Å². The second-order valence-corrected chi connectivity index (χ2v) is 24.2. The first-order valence-corrected chi connectivity index (χ1v) is 33.3. The number of nitrogens with two attached hydrogens (primary N) is 5. The molecule has 1 rings (SSSR count). The first-order chi connectivity index (χ1) is 50.7. The van der Waals surface area contributed by atoms with Crippen molar-refractivity contribution in [1.82, 2.24) is 84.7 Å². The number of amides is 16. The number of guanidine groups is 2. The average Bonchev–Trinajstić information content (AvgIpc) is 1.63. The number of carbonyl (C=O) groups is 20. The Bertz CT molecular complexity index is 3290. The highest BCUT2D eigenvalue weighted by molar-refractivity contribution is 6.00. The number of aliphatic hydroxyl groups is 2. The van der Waals surface area contributed by atoms with Gasteiger partial charge in [-0.3, -0.25) is 101 Å². The highest BCUT2D eigenvalue weighted by Gasteiger charge is 2.41. The van der Waals surface area contributed by atoms with Gasteiger partial charge in [-0.15, -0.1) is 0 Å². The molecular weight excluding hydrogens is 1450 g/mol. The highest BCUT2D eigenvalue weighted by atomic mass is 16.4. The summed E-state index contributed by atoms with van der Waals surface area (Å²) in [5.74, 6) is -24.4. The molecule has 108 heavy (non-hydrogen) atoms. The van der Waals surface area contributed by atoms with Crippen molar-refractivity contribution in [3.05, 3.63) is 0 Å². The molecule has 0 spiro atoms. The van der Waals surface area contributed by atoms with Gasteiger partial charge in [-0.2, -0.15) is 0 Å². The van der Waals surface area contributed by atoms with E-state index in [9.17, 15) is 116 Å². The number of rotatable bonds is 51. The summed E-state index contributed by atoms with van der Waals surface area (Å²) in [7, 11) is 0. The molecule has 0 saturated carbocycles. The Balaban J connectivity index is 3.31. The number of nitrogens with one attached hydrogen (secondary N) is 15. The molecule has 0 aliphatic carbocycles. The van der Waals surface area contributed by atoms with Crippen LogP contribution in [0, 0.1) is 5.92 Å². The van der Waals surface area contributed by atoms with E-state index in [4.69, 9.17) is 38.9 Å². The molecule has 0 bridgehead atoms. The minimum absolute atomic E-state index is 0.0489. The van der Waals surface area contributed by atoms with Crippen LogP contribution in [-0.4, -0.2) is 305 Å². The van der Waals surface area contributed by atoms with Crippen LogP contribution in [-0.2, 0) is 95.9 Å². The summed E-state index contributed by atoms with van der Waals surface area (Å²) in [5, 5.41) is 90.4. The molecule has 1 saturated heterocycles. The predicted molar refractivity (Wildman–Crippen MR) is 367 cm³/mol. The summed E-state index contributed by atoms with van der Waals surface area (Å²) in [4.78, 5) is 265. The van der Waals surface area contributed by atoms with Gasteiger partial charge in [0.05, 0.1) is 77.9 Å². The van der Waals surface area contributed by atoms with E-state index < -0.39 is 269 Å². The van der Waals surface area contributed by atoms with Crippen molar-refractivity contribution in [3.8, 4) is 0 Å². The van der Waals surface area contributed by atoms with Gasteiger partial charge >= 0.3 is 23.9 Å². The topological polar surface area (TPSA) is 801 Å². The zero-order valence-electron chi connectivity index (χ0n) is 59.2. The zero-order valence-corrected chi connectivity index (χ0v) is 59.2. The standard InChI is InChI=1S/C59H97N23O26/c1-27(2)15-34(56(106)82-14-6-9-36(82)54(104)79-31(10-11-45(93)94)51(101)81-48(28(3)84)55(105)73-21-40(88)70-23-42(90)77-35(26-83)57(107)108)80-53(103)33(17-47(97)98)76-44(92)25-72-50(100)30(8-5-13-66-59(63)64)78-52(102)32(16-46(95)96)75-43(91)24-71-49(99)29(7-4-12-65-58(61)62)74-41(89)22-69-39(87)20-68-38(86)19-67-37(85)18-60/h27-36,48,83-84H,4-26,60H2,1-3H3,(H,67,85)(H,68,86)(H,69,87)(H,70,88)(H,71,99)(H,72,100)(H,73,105)(H,74,89)(H,75,91)(H,76,92)(H,77,90)(H,78,102)(H,79,104)(H,80,103)(H,81,101)(H,93,94)(H,95,96)(H,97,98)(H,107,108)(H4,61,62,65)(H4,63,64,66)/t28-,29+,30+,31+,32+,33+,34+,35+,36+,48+/m1/s1. The molecule has 49 nitrogen and oxygen atoms in total. The first kappa shape index (κ1) is 93.8. The lowest BCUT2D eigenvalue weighted by molar-refractivity contribution is -0.144. The molecule has 0 aromatic heterocycles. The fourth-order valence-corrected chi connectivity index (χ4v) is 9.52. The number of aliphatic imine (C=N–C) groups is 2. The van der Waals surface area contributed by atoms with E-state index in [-0.39, 0.29) is 76.5 Å². The molecule has 0 aromatic rings. The lowest BCUT2D eigenvalue weighted by atomic mass is 10.0. The molecule has 31 N–H and O–H groups in total. The smallest absolute Gasteiger partial charge is 0.328 e. The Hall–Kier alpha value is -12.2. The number of hydrogen-bond donors (Lipinski definition) is 26. The fraction of sp³-hybridized carbons (Fsp3) is 0.627. The van der Waals surface area contributed by atoms with Crippen molar-refractivity contribution >= 4 is 130 Å². The quantitative estimate of drug-likeness (QED) is 0.0153. The molecule has 0 radical (unpaired) electrons. The summed E-state index contributed by atoms with van der Waals surface area (Å²) in [6.45, 7) is -3.03. The lowest BCUT2D eigenvalue weighted by Crippen LogP contribution is -2.60. The second kappa shape index (κ2) is 49.5. The van der Waals surface area contributed by atoms with Crippen molar-refractivity contribution in [1.29, 1.82) is 0 Å². The van der Waals surface area contributed by atoms with Crippen LogP contribution in [0.25, 0.3) is 0 Å². The van der Waals surface area contributed by atoms with Gasteiger partial charge in [0.2, 0.25) is 94.5 Å². The van der Waals surface area contributed by atoms with E-state index in [2.05, 4.69) is 84.4 Å². The largest absolute Gasteiger partial charge is 0.481 e. The van der Waals surface area contributed by atoms with E-state index in [1.54, 1.807) is 13.8 Å². The summed E-state index contributed by atoms with van der Waals surface area (Å²) in [6.07, 6.45) is -6.12. The monoisotopic (exact) mass is 1540 g/mol. The minimum Gasteiger partial charge on any atom is -0.481 e. The molecule has 49 heteroatoms. The molecule has 0 unspecified atom stereocenters. The van der Waals surface area contributed by atoms with Crippen molar-refractivity contribution in [3.63, 3.8) is 0 Å². The summed E-state index contributed by atoms with van der Waals surface area (Å²) in [6, 6.07) is -15.5. The number of likely N-dealkylation sites (tertiary alicyclic amines) is 1. The van der Waals surface area contributed by atoms with Crippen LogP contribution in [0.1, 0.15) is 91.4 Å². The third-order valence-corrected chi connectivity index (χ3v) is 14.8. The third-order valence-electron chi connectivity index (χ3n) is 14.8. The van der Waals surface area contributed by atoms with E-state index in [0.717, 1.165) is 11.8 Å². The Kier molecular flexibility index (Phi) is 43.0. The number of carbonyl (C=O) groups excluding carboxylic acids is 16. The van der Waals surface area contributed by atoms with E-state index in [1.807, 2.05) is 5.32 Å². The molecule has 1 fully saturated rings. The number of hydrogen-bond acceptors (Lipinski definition) is 25. The Labute approximate surface area is 614 Å². The van der Waals surface area contributed by atoms with Gasteiger partial charge in [0.15, 0.2) is 11.9 Å². The predicted octanol–water partition coefficient (Wildman–Crippen LogP) is -14.9. The van der Waals surface area contributed by atoms with Gasteiger partial charge in [0.25, 0.3) is 0 Å². The van der Waals surface area contributed by atoms with Gasteiger partial charge < -0.3 is 144 Å². The average molecular weight is 1540 g/mol. The number of aliphatic carboxylic acids is 4. The van der Waals surface area contributed by atoms with Crippen molar-refractivity contribution in [2.45, 2.75) is 152 Å². The third kappa shape index (κ3) is 39.1. The Morgan fingerprint density at radius 3 is 1.22 bits per heavy atom. The summed E-state index contributed by atoms with van der Waals surface area (Å²) >= 11 is 0. The zero-order chi connectivity index (χ0) is 81.9. The van der Waals surface area contributed by atoms with Gasteiger partial charge in [-0.1, -0.05) is 13.8 Å². The lowest BCUT2D eigenvalue weighted by Gasteiger charge is -2.31. The Morgan fingerprint density at radius 1 is 0.435 bits per heavy atom. The molecule has 16 amide bonds. The molecule has 604 valence electrons. The normalized spacial score (nSPS) is 14.6. The minimum atomic E-state index is -2.00. The van der Waals surface area contributed by atoms with Crippen LogP contribution in [0.5, 0.6) is 0 Å². The second-order valence-electron chi connectivity index (χ2n) is 24.2. The van der Waals surface area contributed by atoms with E-state index in [0.29, 0.717) is 0 Å². The van der Waals surface area contributed by atoms with Crippen molar-refractivity contribution in [2.24, 2.45) is 44.6 Å². The van der Waals surface area contributed by atoms with Gasteiger partial charge in [-0.05, 0) is 64.2 Å². The van der Waals surface area contributed by atoms with Crippen LogP contribution in [0.15, 0.2) is 9.98 Å². The van der Waals surface area contributed by atoms with E-state index in [1.165, 1.54) is 0 Å². The van der Waals surface area contributed by atoms with Crippen LogP contribution in [0.3, 0.4) is 0 Å². The molecule has 1 aliphatic rings. The number of carboxylic acid groups (broad SMARTS) is 4. The maximum absolute atomic E-state index is 14.4. The first-order valence-electron chi connectivity index (χ1n) is 33.3. The van der Waals surface area contributed by atoms with Gasteiger partial charge in [0.1, 0.15) is 54.4 Å². The van der Waals surface area contributed by atoms with Crippen LogP contribution >= 0.6 is 0 Å². The fourth-order valence-electron chi connectivity index (χ4n) is 9.52. The van der Waals surface area contributed by atoms with Gasteiger partial charge in [0, 0.05) is 26.1 Å². The number of carboxylic acids is 4. The SMILES string of the molecule is CC(C)C[C@H](NC(=O)[C@H](CC(=O)O)NC(=O)CNC(=O)[C@H](CCCN=C(N)N)NC(=O)[C@H](CC(=O)O)NC(=O)CNC(=O)[C@H](CCCN=C(N)N)NC(=O)CNC(=O)CNC(=O)CNC(=O)CN)C(=O)N1CCC[C@H]1C(=O)N[C@@H](CCC(=O)O)C(=O)N[C@H](C(=O)NCC(=O)NCC(=O)N[C@@H](CO)C(=O)O)[C@@H](C)O. The van der Waals surface area contributed by atoms with Crippen molar-refractivity contribution in [2.75, 3.05) is 78.6 Å².